The zero-order valence-electron chi connectivity index (χ0n) is 20.8. The molecule has 0 aromatic heterocycles. The maximum absolute atomic E-state index is 11.2. The van der Waals surface area contributed by atoms with Gasteiger partial charge in [-0.3, -0.25) is 4.79 Å². The van der Waals surface area contributed by atoms with Crippen LogP contribution in [-0.2, 0) is 22.7 Å². The molecule has 0 unspecified atom stereocenters. The largest absolute Gasteiger partial charge is 0.489 e. The molecule has 5 heteroatoms. The first kappa shape index (κ1) is 27.0. The molecule has 0 radical (unpaired) electrons. The van der Waals surface area contributed by atoms with Crippen molar-refractivity contribution in [3.05, 3.63) is 138 Å². The molecule has 0 atom stereocenters. The number of ether oxygens (including phenoxy) is 3. The molecule has 0 bridgehead atoms. The van der Waals surface area contributed by atoms with Gasteiger partial charge in [-0.15, -0.1) is 0 Å². The van der Waals surface area contributed by atoms with E-state index >= 15 is 0 Å². The lowest BCUT2D eigenvalue weighted by Crippen LogP contribution is -1.98. The van der Waals surface area contributed by atoms with Crippen molar-refractivity contribution in [2.45, 2.75) is 20.1 Å². The van der Waals surface area contributed by atoms with Gasteiger partial charge in [-0.05, 0) is 66.1 Å². The van der Waals surface area contributed by atoms with Gasteiger partial charge in [0.15, 0.2) is 0 Å². The van der Waals surface area contributed by atoms with Crippen molar-refractivity contribution >= 4 is 18.3 Å². The summed E-state index contributed by atoms with van der Waals surface area (Å²) in [5.41, 5.74) is 3.84. The van der Waals surface area contributed by atoms with Crippen molar-refractivity contribution in [1.29, 1.82) is 0 Å². The third-order valence-corrected chi connectivity index (χ3v) is 5.09. The molecular formula is C32H30O5. The number of carbonyl (C=O) groups excluding carboxylic acids is 2. The van der Waals surface area contributed by atoms with E-state index in [-0.39, 0.29) is 5.97 Å². The van der Waals surface area contributed by atoms with Gasteiger partial charge in [0, 0.05) is 11.6 Å². The van der Waals surface area contributed by atoms with Crippen LogP contribution >= 0.6 is 0 Å². The second-order valence-corrected chi connectivity index (χ2v) is 7.89. The Hall–Kier alpha value is -4.64. The van der Waals surface area contributed by atoms with Gasteiger partial charge >= 0.3 is 5.97 Å². The van der Waals surface area contributed by atoms with E-state index < -0.39 is 0 Å². The summed E-state index contributed by atoms with van der Waals surface area (Å²) in [7, 11) is 0. The molecule has 0 saturated carbocycles. The topological polar surface area (TPSA) is 61.8 Å². The third-order valence-electron chi connectivity index (χ3n) is 5.09. The molecule has 4 aromatic rings. The van der Waals surface area contributed by atoms with Gasteiger partial charge < -0.3 is 14.2 Å². The van der Waals surface area contributed by atoms with Gasteiger partial charge in [0.2, 0.25) is 0 Å². The van der Waals surface area contributed by atoms with Crippen molar-refractivity contribution in [2.75, 3.05) is 6.61 Å². The van der Waals surface area contributed by atoms with E-state index in [2.05, 4.69) is 0 Å². The van der Waals surface area contributed by atoms with E-state index in [1.54, 1.807) is 37.3 Å². The van der Waals surface area contributed by atoms with Gasteiger partial charge in [0.05, 0.1) is 6.61 Å². The molecule has 4 aromatic carbocycles. The molecule has 0 spiro atoms. The van der Waals surface area contributed by atoms with Crippen LogP contribution in [-0.4, -0.2) is 18.9 Å². The first-order chi connectivity index (χ1) is 18.2. The minimum atomic E-state index is -0.332. The number of carbonyl (C=O) groups is 2. The standard InChI is InChI=1S/C18H18O3.C14H12O2/c1-2-20-18(19)13-10-15-8-11-17(12-9-15)21-14-16-6-4-3-5-7-16;15-10-12-6-8-14(9-7-12)16-11-13-4-2-1-3-5-13/h3-13H,2,14H2,1H3;1-10H,11H2/b13-10+;. The minimum Gasteiger partial charge on any atom is -0.489 e. The maximum atomic E-state index is 11.2. The molecule has 0 aliphatic heterocycles. The van der Waals surface area contributed by atoms with Crippen LogP contribution in [0, 0.1) is 0 Å². The fraction of sp³-hybridized carbons (Fsp3) is 0.125. The summed E-state index contributed by atoms with van der Waals surface area (Å²) < 4.78 is 16.1. The second kappa shape index (κ2) is 15.4. The highest BCUT2D eigenvalue weighted by molar-refractivity contribution is 5.87. The average Bonchev–Trinajstić information content (AvgIpc) is 2.96. The van der Waals surface area contributed by atoms with Crippen molar-refractivity contribution in [3.63, 3.8) is 0 Å². The Morgan fingerprint density at radius 3 is 1.54 bits per heavy atom. The van der Waals surface area contributed by atoms with Crippen molar-refractivity contribution in [3.8, 4) is 11.5 Å². The smallest absolute Gasteiger partial charge is 0.330 e. The maximum Gasteiger partial charge on any atom is 0.330 e. The molecular weight excluding hydrogens is 464 g/mol. The number of hydrogen-bond donors (Lipinski definition) is 0. The molecule has 4 rings (SSSR count). The summed E-state index contributed by atoms with van der Waals surface area (Å²) in [5, 5.41) is 0. The summed E-state index contributed by atoms with van der Waals surface area (Å²) in [6, 6.07) is 34.6. The Morgan fingerprint density at radius 2 is 1.11 bits per heavy atom. The van der Waals surface area contributed by atoms with Crippen LogP contribution < -0.4 is 9.47 Å². The summed E-state index contributed by atoms with van der Waals surface area (Å²) >= 11 is 0. The molecule has 0 saturated heterocycles. The van der Waals surface area contributed by atoms with E-state index in [0.717, 1.165) is 34.5 Å². The van der Waals surface area contributed by atoms with E-state index in [9.17, 15) is 9.59 Å². The summed E-state index contributed by atoms with van der Waals surface area (Å²) in [4.78, 5) is 21.7. The fourth-order valence-electron chi connectivity index (χ4n) is 3.15. The van der Waals surface area contributed by atoms with Crippen LogP contribution in [0.25, 0.3) is 6.08 Å². The lowest BCUT2D eigenvalue weighted by Gasteiger charge is -2.06. The zero-order chi connectivity index (χ0) is 26.1. The molecule has 0 aliphatic rings. The number of benzene rings is 4. The Balaban J connectivity index is 0.000000213. The van der Waals surface area contributed by atoms with E-state index in [0.29, 0.717) is 25.4 Å². The molecule has 188 valence electrons. The first-order valence-corrected chi connectivity index (χ1v) is 12.0. The molecule has 0 aliphatic carbocycles. The Kier molecular flexibility index (Phi) is 11.2. The first-order valence-electron chi connectivity index (χ1n) is 12.0. The van der Waals surface area contributed by atoms with Gasteiger partial charge in [0.25, 0.3) is 0 Å². The summed E-state index contributed by atoms with van der Waals surface area (Å²) in [6.07, 6.45) is 3.96. The van der Waals surface area contributed by atoms with Crippen LogP contribution in [0.3, 0.4) is 0 Å². The highest BCUT2D eigenvalue weighted by Gasteiger charge is 1.98. The quantitative estimate of drug-likeness (QED) is 0.136. The van der Waals surface area contributed by atoms with Crippen molar-refractivity contribution < 1.29 is 23.8 Å². The third kappa shape index (κ3) is 10.2. The fourth-order valence-corrected chi connectivity index (χ4v) is 3.15. The Bertz CT molecular complexity index is 1230. The molecule has 0 fully saturated rings. The van der Waals surface area contributed by atoms with Crippen LogP contribution in [0.2, 0.25) is 0 Å². The van der Waals surface area contributed by atoms with E-state index in [1.807, 2.05) is 84.9 Å². The Labute approximate surface area is 218 Å². The molecule has 0 amide bonds. The number of hydrogen-bond acceptors (Lipinski definition) is 5. The number of rotatable bonds is 10. The van der Waals surface area contributed by atoms with Gasteiger partial charge in [-0.1, -0.05) is 72.8 Å². The van der Waals surface area contributed by atoms with Crippen LogP contribution in [0.1, 0.15) is 34.0 Å². The lowest BCUT2D eigenvalue weighted by atomic mass is 10.2. The van der Waals surface area contributed by atoms with Crippen LogP contribution in [0.5, 0.6) is 11.5 Å². The predicted molar refractivity (Wildman–Crippen MR) is 145 cm³/mol. The van der Waals surface area contributed by atoms with Crippen molar-refractivity contribution in [2.24, 2.45) is 0 Å². The normalized spacial score (nSPS) is 10.2. The molecule has 5 nitrogen and oxygen atoms in total. The van der Waals surface area contributed by atoms with Gasteiger partial charge in [-0.2, -0.15) is 0 Å². The summed E-state index contributed by atoms with van der Waals surface area (Å²) in [6.45, 7) is 3.25. The van der Waals surface area contributed by atoms with Crippen LogP contribution in [0.4, 0.5) is 0 Å². The minimum absolute atomic E-state index is 0.332. The van der Waals surface area contributed by atoms with Gasteiger partial charge in [-0.25, -0.2) is 4.79 Å². The highest BCUT2D eigenvalue weighted by Crippen LogP contribution is 2.15. The van der Waals surface area contributed by atoms with Gasteiger partial charge in [0.1, 0.15) is 31.0 Å². The monoisotopic (exact) mass is 494 g/mol. The van der Waals surface area contributed by atoms with E-state index in [1.165, 1.54) is 6.08 Å². The highest BCUT2D eigenvalue weighted by atomic mass is 16.5. The average molecular weight is 495 g/mol. The number of aldehydes is 1. The molecule has 37 heavy (non-hydrogen) atoms. The summed E-state index contributed by atoms with van der Waals surface area (Å²) in [5.74, 6) is 1.24. The SMILES string of the molecule is CCOC(=O)/C=C/c1ccc(OCc2ccccc2)cc1.O=Cc1ccc(OCc2ccccc2)cc1. The van der Waals surface area contributed by atoms with E-state index in [4.69, 9.17) is 14.2 Å². The zero-order valence-corrected chi connectivity index (χ0v) is 20.8. The predicted octanol–water partition coefficient (Wildman–Crippen LogP) is 6.92. The Morgan fingerprint density at radius 1 is 0.649 bits per heavy atom. The van der Waals surface area contributed by atoms with Crippen LogP contribution in [0.15, 0.2) is 115 Å². The lowest BCUT2D eigenvalue weighted by molar-refractivity contribution is -0.137. The molecule has 0 heterocycles. The molecule has 0 N–H and O–H groups in total. The van der Waals surface area contributed by atoms with Crippen molar-refractivity contribution in [1.82, 2.24) is 0 Å². The second-order valence-electron chi connectivity index (χ2n) is 7.89. The number of esters is 1.